The van der Waals surface area contributed by atoms with Crippen molar-refractivity contribution in [3.05, 3.63) is 78.5 Å². The van der Waals surface area contributed by atoms with Gasteiger partial charge in [-0.2, -0.15) is 0 Å². The number of anilines is 1. The number of pyridine rings is 2. The number of rotatable bonds is 6. The zero-order valence-electron chi connectivity index (χ0n) is 17.0. The molecule has 0 unspecified atom stereocenters. The van der Waals surface area contributed by atoms with Gasteiger partial charge in [0.2, 0.25) is 0 Å². The molecule has 0 radical (unpaired) electrons. The Morgan fingerprint density at radius 2 is 1.62 bits per heavy atom. The second-order valence-corrected chi connectivity index (χ2v) is 7.08. The van der Waals surface area contributed by atoms with Crippen LogP contribution in [0.15, 0.2) is 72.9 Å². The van der Waals surface area contributed by atoms with E-state index in [0.717, 1.165) is 57.8 Å². The Labute approximate surface area is 172 Å². The van der Waals surface area contributed by atoms with Crippen molar-refractivity contribution in [2.45, 2.75) is 20.4 Å². The molecule has 0 amide bonds. The van der Waals surface area contributed by atoms with E-state index in [4.69, 9.17) is 10.7 Å². The first-order valence-corrected chi connectivity index (χ1v) is 10.2. The SMILES string of the molecule is CCN(CC)c1[nH+]ccc2nc(-c3ccc(CN)cc3)c(-c3ccccc3)cc12. The Morgan fingerprint density at radius 3 is 2.28 bits per heavy atom. The van der Waals surface area contributed by atoms with Crippen molar-refractivity contribution in [2.75, 3.05) is 18.0 Å². The molecule has 0 aliphatic heterocycles. The van der Waals surface area contributed by atoms with Crippen LogP contribution < -0.4 is 15.6 Å². The average molecular weight is 384 g/mol. The van der Waals surface area contributed by atoms with Crippen LogP contribution in [0, 0.1) is 0 Å². The van der Waals surface area contributed by atoms with Crippen LogP contribution in [0.4, 0.5) is 5.82 Å². The number of benzene rings is 2. The zero-order chi connectivity index (χ0) is 20.2. The quantitative estimate of drug-likeness (QED) is 0.526. The van der Waals surface area contributed by atoms with E-state index in [9.17, 15) is 0 Å². The molecule has 0 atom stereocenters. The van der Waals surface area contributed by atoms with Gasteiger partial charge in [-0.3, -0.25) is 4.90 Å². The zero-order valence-corrected chi connectivity index (χ0v) is 17.0. The highest BCUT2D eigenvalue weighted by atomic mass is 15.2. The Bertz CT molecular complexity index is 1100. The van der Waals surface area contributed by atoms with Crippen molar-refractivity contribution < 1.29 is 4.98 Å². The lowest BCUT2D eigenvalue weighted by Gasteiger charge is -2.16. The van der Waals surface area contributed by atoms with Gasteiger partial charge in [-0.1, -0.05) is 54.6 Å². The van der Waals surface area contributed by atoms with Crippen LogP contribution in [0.5, 0.6) is 0 Å². The Balaban J connectivity index is 1.99. The molecule has 146 valence electrons. The normalized spacial score (nSPS) is 11.0. The van der Waals surface area contributed by atoms with Crippen molar-refractivity contribution in [3.8, 4) is 22.4 Å². The third-order valence-electron chi connectivity index (χ3n) is 5.40. The summed E-state index contributed by atoms with van der Waals surface area (Å²) in [6.07, 6.45) is 1.98. The van der Waals surface area contributed by atoms with Gasteiger partial charge in [-0.15, -0.1) is 0 Å². The Kier molecular flexibility index (Phi) is 5.54. The third kappa shape index (κ3) is 3.71. The van der Waals surface area contributed by atoms with Gasteiger partial charge in [0.05, 0.1) is 35.9 Å². The van der Waals surface area contributed by atoms with E-state index >= 15 is 0 Å². The number of nitrogens with one attached hydrogen (secondary N) is 1. The summed E-state index contributed by atoms with van der Waals surface area (Å²) in [7, 11) is 0. The fraction of sp³-hybridized carbons (Fsp3) is 0.200. The van der Waals surface area contributed by atoms with Crippen LogP contribution in [0.25, 0.3) is 33.3 Å². The molecule has 0 aliphatic carbocycles. The van der Waals surface area contributed by atoms with Crippen LogP contribution in [0.3, 0.4) is 0 Å². The van der Waals surface area contributed by atoms with Crippen LogP contribution in [0.1, 0.15) is 19.4 Å². The molecular weight excluding hydrogens is 356 g/mol. The molecule has 4 aromatic rings. The molecule has 2 aromatic carbocycles. The number of H-pyrrole nitrogens is 1. The molecule has 3 N–H and O–H groups in total. The highest BCUT2D eigenvalue weighted by molar-refractivity contribution is 5.96. The van der Waals surface area contributed by atoms with Gasteiger partial charge in [-0.25, -0.2) is 9.97 Å². The number of aromatic nitrogens is 2. The molecule has 2 aromatic heterocycles. The highest BCUT2D eigenvalue weighted by Crippen LogP contribution is 2.35. The standard InChI is InChI=1S/C25H26N4/c1-3-29(4-2)25-22-16-21(19-8-6-5-7-9-19)24(28-23(22)14-15-27-25)20-12-10-18(17-26)11-13-20/h5-16H,3-4,17,26H2,1-2H3/p+1. The molecular formula is C25H27N4+. The first-order chi connectivity index (χ1) is 14.2. The summed E-state index contributed by atoms with van der Waals surface area (Å²) >= 11 is 0. The topological polar surface area (TPSA) is 56.3 Å². The Morgan fingerprint density at radius 1 is 0.897 bits per heavy atom. The van der Waals surface area contributed by atoms with Crippen molar-refractivity contribution >= 4 is 16.7 Å². The molecule has 0 fully saturated rings. The molecule has 0 saturated heterocycles. The molecule has 29 heavy (non-hydrogen) atoms. The van der Waals surface area contributed by atoms with E-state index in [2.05, 4.69) is 84.4 Å². The van der Waals surface area contributed by atoms with Crippen molar-refractivity contribution in [1.82, 2.24) is 4.98 Å². The molecule has 0 spiro atoms. The lowest BCUT2D eigenvalue weighted by molar-refractivity contribution is -0.362. The summed E-state index contributed by atoms with van der Waals surface area (Å²) in [5.74, 6) is 1.11. The first kappa shape index (κ1) is 19.1. The van der Waals surface area contributed by atoms with E-state index in [1.54, 1.807) is 0 Å². The van der Waals surface area contributed by atoms with Gasteiger partial charge in [0.15, 0.2) is 0 Å². The number of aromatic amines is 1. The summed E-state index contributed by atoms with van der Waals surface area (Å²) in [5, 5.41) is 1.14. The molecule has 0 bridgehead atoms. The molecule has 2 heterocycles. The number of nitrogens with two attached hydrogens (primary N) is 1. The monoisotopic (exact) mass is 383 g/mol. The van der Waals surface area contributed by atoms with E-state index in [1.807, 2.05) is 12.3 Å². The minimum absolute atomic E-state index is 0.542. The van der Waals surface area contributed by atoms with Crippen molar-refractivity contribution in [1.29, 1.82) is 0 Å². The molecule has 4 heteroatoms. The van der Waals surface area contributed by atoms with Gasteiger partial charge in [-0.05, 0) is 31.0 Å². The van der Waals surface area contributed by atoms with Crippen molar-refractivity contribution in [3.63, 3.8) is 0 Å². The number of hydrogen-bond acceptors (Lipinski definition) is 3. The maximum absolute atomic E-state index is 5.78. The van der Waals surface area contributed by atoms with Crippen molar-refractivity contribution in [2.24, 2.45) is 5.73 Å². The first-order valence-electron chi connectivity index (χ1n) is 10.2. The molecule has 0 aliphatic rings. The summed E-state index contributed by atoms with van der Waals surface area (Å²) in [5.41, 5.74) is 12.3. The lowest BCUT2D eigenvalue weighted by Crippen LogP contribution is -2.28. The number of fused-ring (bicyclic) bond motifs is 1. The molecule has 4 rings (SSSR count). The van der Waals surface area contributed by atoms with Crippen LogP contribution in [-0.4, -0.2) is 18.1 Å². The van der Waals surface area contributed by atoms with Gasteiger partial charge in [0.25, 0.3) is 5.82 Å². The van der Waals surface area contributed by atoms with Gasteiger partial charge < -0.3 is 5.73 Å². The molecule has 4 nitrogen and oxygen atoms in total. The summed E-state index contributed by atoms with van der Waals surface area (Å²) in [4.78, 5) is 10.9. The van der Waals surface area contributed by atoms with Crippen LogP contribution in [0.2, 0.25) is 0 Å². The number of nitrogens with zero attached hydrogens (tertiary/aromatic N) is 2. The minimum atomic E-state index is 0.542. The van der Waals surface area contributed by atoms with E-state index in [1.165, 1.54) is 0 Å². The maximum atomic E-state index is 5.78. The second-order valence-electron chi connectivity index (χ2n) is 7.08. The van der Waals surface area contributed by atoms with Gasteiger partial charge in [0.1, 0.15) is 0 Å². The highest BCUT2D eigenvalue weighted by Gasteiger charge is 2.19. The van der Waals surface area contributed by atoms with Crippen LogP contribution >= 0.6 is 0 Å². The Hall–Kier alpha value is -3.24. The minimum Gasteiger partial charge on any atom is -0.326 e. The predicted octanol–water partition coefficient (Wildman–Crippen LogP) is 4.69. The van der Waals surface area contributed by atoms with Gasteiger partial charge in [0, 0.05) is 23.7 Å². The fourth-order valence-electron chi connectivity index (χ4n) is 3.78. The van der Waals surface area contributed by atoms with E-state index in [0.29, 0.717) is 6.54 Å². The summed E-state index contributed by atoms with van der Waals surface area (Å²) < 4.78 is 0. The van der Waals surface area contributed by atoms with E-state index < -0.39 is 0 Å². The smallest absolute Gasteiger partial charge is 0.283 e. The third-order valence-corrected chi connectivity index (χ3v) is 5.40. The number of hydrogen-bond donors (Lipinski definition) is 1. The lowest BCUT2D eigenvalue weighted by atomic mass is 9.97. The summed E-state index contributed by atoms with van der Waals surface area (Å²) in [6.45, 7) is 6.77. The predicted molar refractivity (Wildman–Crippen MR) is 121 cm³/mol. The fourth-order valence-corrected chi connectivity index (χ4v) is 3.78. The van der Waals surface area contributed by atoms with Crippen LogP contribution in [-0.2, 0) is 6.54 Å². The van der Waals surface area contributed by atoms with E-state index in [-0.39, 0.29) is 0 Å². The van der Waals surface area contributed by atoms with Gasteiger partial charge >= 0.3 is 0 Å². The largest absolute Gasteiger partial charge is 0.326 e. The average Bonchev–Trinajstić information content (AvgIpc) is 2.80. The molecule has 0 saturated carbocycles. The second kappa shape index (κ2) is 8.41. The maximum Gasteiger partial charge on any atom is 0.283 e. The summed E-state index contributed by atoms with van der Waals surface area (Å²) in [6, 6.07) is 23.2.